The summed E-state index contributed by atoms with van der Waals surface area (Å²) in [5.74, 6) is 4.88. The zero-order valence-corrected chi connectivity index (χ0v) is 10.8. The van der Waals surface area contributed by atoms with Gasteiger partial charge in [0.05, 0.1) is 5.56 Å². The minimum atomic E-state index is -0.942. The van der Waals surface area contributed by atoms with Gasteiger partial charge in [0.15, 0.2) is 0 Å². The SMILES string of the molecule is CC#CCCN1C(=O)CCc2cc(C(=O)O)ccc21. The molecule has 0 aromatic heterocycles. The van der Waals surface area contributed by atoms with E-state index in [4.69, 9.17) is 5.11 Å². The van der Waals surface area contributed by atoms with Gasteiger partial charge in [0, 0.05) is 25.1 Å². The fourth-order valence-corrected chi connectivity index (χ4v) is 2.23. The zero-order valence-electron chi connectivity index (χ0n) is 10.8. The number of carbonyl (C=O) groups is 2. The fraction of sp³-hybridized carbons (Fsp3) is 0.333. The number of hydrogen-bond acceptors (Lipinski definition) is 2. The van der Waals surface area contributed by atoms with Gasteiger partial charge in [-0.25, -0.2) is 4.79 Å². The molecule has 1 aromatic rings. The minimum Gasteiger partial charge on any atom is -0.478 e. The lowest BCUT2D eigenvalue weighted by molar-refractivity contribution is -0.118. The maximum Gasteiger partial charge on any atom is 0.335 e. The number of rotatable bonds is 3. The molecular weight excluding hydrogens is 242 g/mol. The van der Waals surface area contributed by atoms with Crippen molar-refractivity contribution in [1.82, 2.24) is 0 Å². The molecule has 98 valence electrons. The Morgan fingerprint density at radius 3 is 2.89 bits per heavy atom. The van der Waals surface area contributed by atoms with E-state index in [1.165, 1.54) is 6.07 Å². The standard InChI is InChI=1S/C15H15NO3/c1-2-3-4-9-16-13-7-5-12(15(18)19)10-11(13)6-8-14(16)17/h5,7,10H,4,6,8-9H2,1H3,(H,18,19). The summed E-state index contributed by atoms with van der Waals surface area (Å²) in [5.41, 5.74) is 2.00. The highest BCUT2D eigenvalue weighted by Gasteiger charge is 2.24. The molecule has 0 radical (unpaired) electrons. The number of aromatic carboxylic acids is 1. The first-order valence-electron chi connectivity index (χ1n) is 6.19. The van der Waals surface area contributed by atoms with Crippen LogP contribution in [0.3, 0.4) is 0 Å². The number of hydrogen-bond donors (Lipinski definition) is 1. The second kappa shape index (κ2) is 5.57. The molecule has 1 aliphatic rings. The van der Waals surface area contributed by atoms with Gasteiger partial charge in [-0.05, 0) is 37.1 Å². The number of carbonyl (C=O) groups excluding carboxylic acids is 1. The predicted molar refractivity (Wildman–Crippen MR) is 72.1 cm³/mol. The highest BCUT2D eigenvalue weighted by Crippen LogP contribution is 2.28. The Balaban J connectivity index is 2.30. The highest BCUT2D eigenvalue weighted by molar-refractivity contribution is 5.97. The molecule has 19 heavy (non-hydrogen) atoms. The van der Waals surface area contributed by atoms with E-state index in [0.717, 1.165) is 11.3 Å². The van der Waals surface area contributed by atoms with Crippen LogP contribution in [0.25, 0.3) is 0 Å². The van der Waals surface area contributed by atoms with Crippen LogP contribution in [0.15, 0.2) is 18.2 Å². The third kappa shape index (κ3) is 2.76. The number of carboxylic acids is 1. The van der Waals surface area contributed by atoms with Crippen molar-refractivity contribution in [2.75, 3.05) is 11.4 Å². The number of anilines is 1. The molecular formula is C15H15NO3. The molecule has 0 atom stereocenters. The number of fused-ring (bicyclic) bond motifs is 1. The van der Waals surface area contributed by atoms with Crippen LogP contribution in [0.5, 0.6) is 0 Å². The minimum absolute atomic E-state index is 0.0773. The molecule has 2 rings (SSSR count). The van der Waals surface area contributed by atoms with Crippen molar-refractivity contribution in [2.45, 2.75) is 26.2 Å². The van der Waals surface area contributed by atoms with Gasteiger partial charge in [-0.2, -0.15) is 0 Å². The van der Waals surface area contributed by atoms with E-state index in [0.29, 0.717) is 25.8 Å². The van der Waals surface area contributed by atoms with E-state index in [2.05, 4.69) is 11.8 Å². The second-order valence-electron chi connectivity index (χ2n) is 4.37. The molecule has 0 saturated carbocycles. The van der Waals surface area contributed by atoms with Gasteiger partial charge < -0.3 is 10.0 Å². The molecule has 1 heterocycles. The lowest BCUT2D eigenvalue weighted by atomic mass is 9.98. The van der Waals surface area contributed by atoms with E-state index < -0.39 is 5.97 Å². The third-order valence-electron chi connectivity index (χ3n) is 3.16. The van der Waals surface area contributed by atoms with Crippen LogP contribution in [0.1, 0.15) is 35.7 Å². The summed E-state index contributed by atoms with van der Waals surface area (Å²) in [6.45, 7) is 2.32. The number of aryl methyl sites for hydroxylation is 1. The van der Waals surface area contributed by atoms with Crippen molar-refractivity contribution < 1.29 is 14.7 Å². The van der Waals surface area contributed by atoms with Crippen LogP contribution < -0.4 is 4.90 Å². The van der Waals surface area contributed by atoms with Gasteiger partial charge in [-0.15, -0.1) is 11.8 Å². The van der Waals surface area contributed by atoms with E-state index in [9.17, 15) is 9.59 Å². The summed E-state index contributed by atoms with van der Waals surface area (Å²) in [6.07, 6.45) is 1.66. The Morgan fingerprint density at radius 2 is 2.21 bits per heavy atom. The van der Waals surface area contributed by atoms with Crippen molar-refractivity contribution in [2.24, 2.45) is 0 Å². The van der Waals surface area contributed by atoms with Gasteiger partial charge in [0.2, 0.25) is 5.91 Å². The first-order chi connectivity index (χ1) is 9.13. The smallest absolute Gasteiger partial charge is 0.335 e. The molecule has 4 nitrogen and oxygen atoms in total. The number of benzene rings is 1. The lowest BCUT2D eigenvalue weighted by Gasteiger charge is -2.29. The second-order valence-corrected chi connectivity index (χ2v) is 4.37. The maximum atomic E-state index is 11.9. The maximum absolute atomic E-state index is 11.9. The molecule has 1 N–H and O–H groups in total. The van der Waals surface area contributed by atoms with E-state index in [1.807, 2.05) is 0 Å². The van der Waals surface area contributed by atoms with Crippen LogP contribution in [-0.4, -0.2) is 23.5 Å². The summed E-state index contributed by atoms with van der Waals surface area (Å²) < 4.78 is 0. The topological polar surface area (TPSA) is 57.6 Å². The van der Waals surface area contributed by atoms with Crippen molar-refractivity contribution in [3.63, 3.8) is 0 Å². The number of amides is 1. The lowest BCUT2D eigenvalue weighted by Crippen LogP contribution is -2.35. The molecule has 1 amide bonds. The molecule has 0 bridgehead atoms. The largest absolute Gasteiger partial charge is 0.478 e. The molecule has 0 fully saturated rings. The van der Waals surface area contributed by atoms with E-state index in [1.54, 1.807) is 24.0 Å². The Labute approximate surface area is 112 Å². The van der Waals surface area contributed by atoms with Crippen molar-refractivity contribution in [1.29, 1.82) is 0 Å². The van der Waals surface area contributed by atoms with Gasteiger partial charge in [-0.1, -0.05) is 0 Å². The summed E-state index contributed by atoms with van der Waals surface area (Å²) in [5, 5.41) is 8.98. The Bertz CT molecular complexity index is 581. The van der Waals surface area contributed by atoms with Gasteiger partial charge in [0.25, 0.3) is 0 Å². The normalized spacial score (nSPS) is 13.5. The van der Waals surface area contributed by atoms with Crippen LogP contribution >= 0.6 is 0 Å². The monoisotopic (exact) mass is 257 g/mol. The number of carboxylic acid groups (broad SMARTS) is 1. The first kappa shape index (κ1) is 13.2. The number of nitrogens with zero attached hydrogens (tertiary/aromatic N) is 1. The van der Waals surface area contributed by atoms with E-state index in [-0.39, 0.29) is 11.5 Å². The zero-order chi connectivity index (χ0) is 13.8. The average Bonchev–Trinajstić information content (AvgIpc) is 2.40. The highest BCUT2D eigenvalue weighted by atomic mass is 16.4. The first-order valence-corrected chi connectivity index (χ1v) is 6.19. The molecule has 0 spiro atoms. The molecule has 4 heteroatoms. The summed E-state index contributed by atoms with van der Waals surface area (Å²) >= 11 is 0. The van der Waals surface area contributed by atoms with Gasteiger partial charge >= 0.3 is 5.97 Å². The molecule has 0 saturated heterocycles. The van der Waals surface area contributed by atoms with Crippen molar-refractivity contribution in [3.8, 4) is 11.8 Å². The van der Waals surface area contributed by atoms with Crippen molar-refractivity contribution >= 4 is 17.6 Å². The van der Waals surface area contributed by atoms with Crippen LogP contribution in [0, 0.1) is 11.8 Å². The van der Waals surface area contributed by atoms with Crippen molar-refractivity contribution in [3.05, 3.63) is 29.3 Å². The molecule has 1 aromatic carbocycles. The Kier molecular flexibility index (Phi) is 3.86. The van der Waals surface area contributed by atoms with Crippen LogP contribution in [-0.2, 0) is 11.2 Å². The van der Waals surface area contributed by atoms with Gasteiger partial charge in [-0.3, -0.25) is 4.79 Å². The Morgan fingerprint density at radius 1 is 1.42 bits per heavy atom. The predicted octanol–water partition coefficient (Wildman–Crippen LogP) is 2.08. The molecule has 1 aliphatic heterocycles. The quantitative estimate of drug-likeness (QED) is 0.843. The van der Waals surface area contributed by atoms with Gasteiger partial charge in [0.1, 0.15) is 0 Å². The fourth-order valence-electron chi connectivity index (χ4n) is 2.23. The summed E-state index contributed by atoms with van der Waals surface area (Å²) in [7, 11) is 0. The summed E-state index contributed by atoms with van der Waals surface area (Å²) in [4.78, 5) is 24.6. The average molecular weight is 257 g/mol. The molecule has 0 unspecified atom stereocenters. The molecule has 0 aliphatic carbocycles. The Hall–Kier alpha value is -2.28. The third-order valence-corrected chi connectivity index (χ3v) is 3.16. The van der Waals surface area contributed by atoms with E-state index >= 15 is 0 Å². The van der Waals surface area contributed by atoms with Crippen LogP contribution in [0.2, 0.25) is 0 Å². The summed E-state index contributed by atoms with van der Waals surface area (Å²) in [6, 6.07) is 4.91. The van der Waals surface area contributed by atoms with Crippen LogP contribution in [0.4, 0.5) is 5.69 Å².